The van der Waals surface area contributed by atoms with E-state index in [2.05, 4.69) is 20.6 Å². The highest BCUT2D eigenvalue weighted by Crippen LogP contribution is 2.33. The van der Waals surface area contributed by atoms with Crippen molar-refractivity contribution in [2.75, 3.05) is 6.54 Å². The lowest BCUT2D eigenvalue weighted by molar-refractivity contribution is -0.137. The van der Waals surface area contributed by atoms with Gasteiger partial charge in [0.15, 0.2) is 0 Å². The number of carbonyl (C=O) groups is 2. The van der Waals surface area contributed by atoms with Crippen LogP contribution in [0.15, 0.2) is 77.5 Å². The molecule has 3 N–H and O–H groups in total. The van der Waals surface area contributed by atoms with Crippen molar-refractivity contribution in [2.45, 2.75) is 64.0 Å². The number of carbonyl (C=O) groups excluding carboxylic acids is 2. The van der Waals surface area contributed by atoms with Gasteiger partial charge in [-0.1, -0.05) is 30.3 Å². The molecule has 2 aromatic carbocycles. The number of aromatic hydroxyl groups is 1. The molecule has 45 heavy (non-hydrogen) atoms. The van der Waals surface area contributed by atoms with Crippen LogP contribution in [0, 0.1) is 6.92 Å². The number of phenols is 1. The molecule has 1 saturated heterocycles. The van der Waals surface area contributed by atoms with E-state index < -0.39 is 29.7 Å². The minimum absolute atomic E-state index is 0.0437. The molecule has 4 aromatic rings. The highest BCUT2D eigenvalue weighted by molar-refractivity contribution is 5.98. The number of amides is 2. The molecule has 236 valence electrons. The van der Waals surface area contributed by atoms with E-state index >= 15 is 0 Å². The Hall–Kier alpha value is -4.71. The fraction of sp³-hybridized carbons (Fsp3) is 0.333. The first-order valence-corrected chi connectivity index (χ1v) is 14.7. The number of nitrogens with zero attached hydrogens (tertiary/aromatic N) is 3. The summed E-state index contributed by atoms with van der Waals surface area (Å²) < 4.78 is 45.2. The molecule has 0 saturated carbocycles. The second-order valence-corrected chi connectivity index (χ2v) is 11.3. The molecule has 3 heterocycles. The molecule has 9 nitrogen and oxygen atoms in total. The van der Waals surface area contributed by atoms with E-state index in [9.17, 15) is 27.9 Å². The Morgan fingerprint density at radius 2 is 1.93 bits per heavy atom. The first-order valence-electron chi connectivity index (χ1n) is 14.7. The zero-order valence-corrected chi connectivity index (χ0v) is 24.8. The molecule has 0 radical (unpaired) electrons. The number of hydrogen-bond donors (Lipinski definition) is 3. The zero-order valence-electron chi connectivity index (χ0n) is 24.8. The third kappa shape index (κ3) is 7.88. The number of aryl methyl sites for hydroxylation is 1. The smallest absolute Gasteiger partial charge is 0.416 e. The van der Waals surface area contributed by atoms with Gasteiger partial charge in [-0.25, -0.2) is 4.98 Å². The van der Waals surface area contributed by atoms with E-state index in [0.29, 0.717) is 36.4 Å². The van der Waals surface area contributed by atoms with Crippen molar-refractivity contribution < 1.29 is 32.3 Å². The fourth-order valence-corrected chi connectivity index (χ4v) is 5.52. The van der Waals surface area contributed by atoms with Crippen LogP contribution in [-0.2, 0) is 12.7 Å². The van der Waals surface area contributed by atoms with Gasteiger partial charge >= 0.3 is 6.18 Å². The Morgan fingerprint density at radius 3 is 2.67 bits per heavy atom. The number of rotatable bonds is 10. The standard InChI is InChI=1S/C33H34F3N5O4/c1-20(14-27(23-7-4-9-26(42)16-23)38-18-22-6-3-8-25(15-22)33(34,35)36)39-30(43)24-11-12-37-28(17-24)32(44)41-13-5-10-29(41)31-40-21(2)19-45-31/h3-4,6-9,11-12,15-17,19-20,27,29,38,42H,5,10,13-14,18H2,1-2H3,(H,39,43)/t20-,27?,29+/m0/s1. The Bertz CT molecular complexity index is 1660. The summed E-state index contributed by atoms with van der Waals surface area (Å²) in [5, 5.41) is 16.3. The average Bonchev–Trinajstić information content (AvgIpc) is 3.68. The number of halogens is 3. The Kier molecular flexibility index (Phi) is 9.52. The van der Waals surface area contributed by atoms with E-state index in [4.69, 9.17) is 4.42 Å². The van der Waals surface area contributed by atoms with Crippen LogP contribution in [0.3, 0.4) is 0 Å². The maximum absolute atomic E-state index is 13.4. The quantitative estimate of drug-likeness (QED) is 0.195. The molecule has 5 rings (SSSR count). The minimum Gasteiger partial charge on any atom is -0.508 e. The van der Waals surface area contributed by atoms with E-state index in [1.54, 1.807) is 42.4 Å². The normalized spacial score (nSPS) is 16.4. The summed E-state index contributed by atoms with van der Waals surface area (Å²) in [6.07, 6.45) is 0.369. The number of alkyl halides is 3. The van der Waals surface area contributed by atoms with Gasteiger partial charge in [0.1, 0.15) is 23.7 Å². The number of aromatic nitrogens is 2. The van der Waals surface area contributed by atoms with Crippen LogP contribution in [0.4, 0.5) is 13.2 Å². The van der Waals surface area contributed by atoms with Gasteiger partial charge in [0.05, 0.1) is 11.3 Å². The van der Waals surface area contributed by atoms with Gasteiger partial charge in [-0.15, -0.1) is 0 Å². The molecule has 2 amide bonds. The largest absolute Gasteiger partial charge is 0.508 e. The van der Waals surface area contributed by atoms with Crippen molar-refractivity contribution in [3.63, 3.8) is 0 Å². The predicted molar refractivity (Wildman–Crippen MR) is 159 cm³/mol. The molecular weight excluding hydrogens is 587 g/mol. The van der Waals surface area contributed by atoms with Crippen LogP contribution in [0.1, 0.15) is 87.4 Å². The summed E-state index contributed by atoms with van der Waals surface area (Å²) in [5.41, 5.74) is 1.53. The summed E-state index contributed by atoms with van der Waals surface area (Å²) in [6.45, 7) is 4.27. The second-order valence-electron chi connectivity index (χ2n) is 11.3. The predicted octanol–water partition coefficient (Wildman–Crippen LogP) is 6.12. The average molecular weight is 622 g/mol. The highest BCUT2D eigenvalue weighted by atomic mass is 19.4. The Balaban J connectivity index is 1.26. The minimum atomic E-state index is -4.46. The van der Waals surface area contributed by atoms with E-state index in [0.717, 1.165) is 24.2 Å². The summed E-state index contributed by atoms with van der Waals surface area (Å²) in [4.78, 5) is 36.9. The maximum atomic E-state index is 13.4. The van der Waals surface area contributed by atoms with Crippen molar-refractivity contribution in [1.29, 1.82) is 0 Å². The number of oxazole rings is 1. The monoisotopic (exact) mass is 621 g/mol. The van der Waals surface area contributed by atoms with Gasteiger partial charge in [-0.05, 0) is 74.6 Å². The maximum Gasteiger partial charge on any atom is 0.416 e. The summed E-state index contributed by atoms with van der Waals surface area (Å²) in [6, 6.07) is 13.5. The molecule has 1 unspecified atom stereocenters. The lowest BCUT2D eigenvalue weighted by Crippen LogP contribution is -2.36. The third-order valence-corrected chi connectivity index (χ3v) is 7.72. The Labute approximate surface area is 258 Å². The zero-order chi connectivity index (χ0) is 32.1. The second kappa shape index (κ2) is 13.5. The number of pyridine rings is 1. The lowest BCUT2D eigenvalue weighted by atomic mass is 9.98. The fourth-order valence-electron chi connectivity index (χ4n) is 5.52. The summed E-state index contributed by atoms with van der Waals surface area (Å²) >= 11 is 0. The first kappa shape index (κ1) is 31.7. The van der Waals surface area contributed by atoms with Crippen LogP contribution in [0.5, 0.6) is 5.75 Å². The van der Waals surface area contributed by atoms with Gasteiger partial charge in [0.25, 0.3) is 11.8 Å². The summed E-state index contributed by atoms with van der Waals surface area (Å²) in [7, 11) is 0. The number of hydrogen-bond acceptors (Lipinski definition) is 7. The van der Waals surface area contributed by atoms with Crippen molar-refractivity contribution in [3.8, 4) is 5.75 Å². The van der Waals surface area contributed by atoms with Crippen LogP contribution < -0.4 is 10.6 Å². The lowest BCUT2D eigenvalue weighted by Gasteiger charge is -2.24. The SMILES string of the molecule is Cc1coc([C@H]2CCCN2C(=O)c2cc(C(=O)N[C@@H](C)CC(NCc3cccc(C(F)(F)F)c3)c3cccc(O)c3)ccn2)n1. The highest BCUT2D eigenvalue weighted by Gasteiger charge is 2.34. The number of benzene rings is 2. The molecule has 1 aliphatic rings. The summed E-state index contributed by atoms with van der Waals surface area (Å²) in [5.74, 6) is -0.210. The van der Waals surface area contributed by atoms with Crippen molar-refractivity contribution >= 4 is 11.8 Å². The molecule has 0 aliphatic carbocycles. The molecule has 2 aromatic heterocycles. The molecule has 0 bridgehead atoms. The van der Waals surface area contributed by atoms with Crippen molar-refractivity contribution in [3.05, 3.63) is 113 Å². The van der Waals surface area contributed by atoms with E-state index in [1.807, 2.05) is 6.92 Å². The first-order chi connectivity index (χ1) is 21.5. The number of nitrogens with one attached hydrogen (secondary N) is 2. The van der Waals surface area contributed by atoms with Crippen LogP contribution in [0.2, 0.25) is 0 Å². The molecule has 12 heteroatoms. The van der Waals surface area contributed by atoms with Crippen LogP contribution in [0.25, 0.3) is 0 Å². The van der Waals surface area contributed by atoms with Crippen LogP contribution in [-0.4, -0.2) is 44.4 Å². The molecular formula is C33H34F3N5O4. The topological polar surface area (TPSA) is 121 Å². The van der Waals surface area contributed by atoms with Crippen molar-refractivity contribution in [2.24, 2.45) is 0 Å². The van der Waals surface area contributed by atoms with Crippen LogP contribution >= 0.6 is 0 Å². The van der Waals surface area contributed by atoms with Crippen molar-refractivity contribution in [1.82, 2.24) is 25.5 Å². The number of likely N-dealkylation sites (tertiary alicyclic amines) is 1. The van der Waals surface area contributed by atoms with Gasteiger partial charge < -0.3 is 25.1 Å². The van der Waals surface area contributed by atoms with E-state index in [-0.39, 0.29) is 35.5 Å². The third-order valence-electron chi connectivity index (χ3n) is 7.72. The molecule has 1 fully saturated rings. The van der Waals surface area contributed by atoms with Gasteiger partial charge in [-0.3, -0.25) is 14.6 Å². The molecule has 3 atom stereocenters. The molecule has 0 spiro atoms. The molecule has 1 aliphatic heterocycles. The van der Waals surface area contributed by atoms with Gasteiger partial charge in [-0.2, -0.15) is 13.2 Å². The Morgan fingerprint density at radius 1 is 1.13 bits per heavy atom. The van der Waals surface area contributed by atoms with Gasteiger partial charge in [0.2, 0.25) is 5.89 Å². The number of phenolic OH excluding ortho intramolecular Hbond substituents is 1. The van der Waals surface area contributed by atoms with Gasteiger partial charge in [0, 0.05) is 36.9 Å². The van der Waals surface area contributed by atoms with E-state index in [1.165, 1.54) is 30.5 Å².